The predicted octanol–water partition coefficient (Wildman–Crippen LogP) is 2.21. The van der Waals surface area contributed by atoms with Crippen molar-refractivity contribution in [2.75, 3.05) is 32.8 Å². The van der Waals surface area contributed by atoms with Crippen LogP contribution in [0.15, 0.2) is 23.2 Å². The van der Waals surface area contributed by atoms with E-state index in [4.69, 9.17) is 15.9 Å². The maximum absolute atomic E-state index is 5.64. The fourth-order valence-corrected chi connectivity index (χ4v) is 2.02. The average Bonchev–Trinajstić information content (AvgIpc) is 2.55. The highest BCUT2D eigenvalue weighted by atomic mass is 16.5. The Balaban J connectivity index is 2.68. The van der Waals surface area contributed by atoms with Gasteiger partial charge in [0.2, 0.25) is 0 Å². The monoisotopic (exact) mass is 317 g/mol. The van der Waals surface area contributed by atoms with Crippen LogP contribution in [0.25, 0.3) is 0 Å². The van der Waals surface area contributed by atoms with Gasteiger partial charge in [-0.25, -0.2) is 0 Å². The number of benzene rings is 1. The first-order valence-corrected chi connectivity index (χ1v) is 8.09. The van der Waals surface area contributed by atoms with Crippen LogP contribution in [0.2, 0.25) is 0 Å². The zero-order valence-corrected chi connectivity index (χ0v) is 14.3. The maximum Gasteiger partial charge on any atom is 0.192 e. The molecule has 0 aliphatic heterocycles. The van der Waals surface area contributed by atoms with Crippen molar-refractivity contribution in [1.29, 1.82) is 0 Å². The normalized spacial score (nSPS) is 10.8. The van der Waals surface area contributed by atoms with Gasteiger partial charge in [0.1, 0.15) is 0 Å². The molecule has 0 aliphatic carbocycles. The SMILES string of the molecule is C#CCNC(=NCCc1ccc(OCC)c(OCC)c1)NCC. The molecule has 0 fully saturated rings. The van der Waals surface area contributed by atoms with E-state index < -0.39 is 0 Å². The van der Waals surface area contributed by atoms with Crippen molar-refractivity contribution < 1.29 is 9.47 Å². The zero-order valence-electron chi connectivity index (χ0n) is 14.3. The van der Waals surface area contributed by atoms with E-state index >= 15 is 0 Å². The average molecular weight is 317 g/mol. The number of rotatable bonds is 9. The molecule has 1 aromatic rings. The standard InChI is InChI=1S/C18H27N3O2/c1-5-12-20-18(19-6-2)21-13-11-15-9-10-16(22-7-3)17(14-15)23-8-4/h1,9-10,14H,6-8,11-13H2,2-4H3,(H2,19,20,21). The Kier molecular flexibility index (Phi) is 9.14. The lowest BCUT2D eigenvalue weighted by Gasteiger charge is -2.12. The van der Waals surface area contributed by atoms with Gasteiger partial charge in [-0.15, -0.1) is 6.42 Å². The molecule has 5 heteroatoms. The van der Waals surface area contributed by atoms with Crippen molar-refractivity contribution in [1.82, 2.24) is 10.6 Å². The fraction of sp³-hybridized carbons (Fsp3) is 0.500. The highest BCUT2D eigenvalue weighted by Gasteiger charge is 2.06. The number of hydrogen-bond donors (Lipinski definition) is 2. The largest absolute Gasteiger partial charge is 0.490 e. The minimum absolute atomic E-state index is 0.462. The van der Waals surface area contributed by atoms with E-state index in [1.807, 2.05) is 39.0 Å². The quantitative estimate of drug-likeness (QED) is 0.416. The maximum atomic E-state index is 5.64. The van der Waals surface area contributed by atoms with Gasteiger partial charge in [0.15, 0.2) is 17.5 Å². The number of hydrogen-bond acceptors (Lipinski definition) is 3. The Hall–Kier alpha value is -2.35. The highest BCUT2D eigenvalue weighted by molar-refractivity contribution is 5.79. The molecule has 0 atom stereocenters. The minimum Gasteiger partial charge on any atom is -0.490 e. The van der Waals surface area contributed by atoms with Gasteiger partial charge in [-0.1, -0.05) is 12.0 Å². The molecule has 0 unspecified atom stereocenters. The van der Waals surface area contributed by atoms with Crippen LogP contribution < -0.4 is 20.1 Å². The van der Waals surface area contributed by atoms with Gasteiger partial charge in [0.05, 0.1) is 19.8 Å². The van der Waals surface area contributed by atoms with Crippen LogP contribution in [0.5, 0.6) is 11.5 Å². The minimum atomic E-state index is 0.462. The van der Waals surface area contributed by atoms with Gasteiger partial charge in [0.25, 0.3) is 0 Å². The number of nitrogens with zero attached hydrogens (tertiary/aromatic N) is 1. The van der Waals surface area contributed by atoms with E-state index in [1.54, 1.807) is 0 Å². The second-order valence-electron chi connectivity index (χ2n) is 4.72. The Morgan fingerprint density at radius 3 is 2.52 bits per heavy atom. The topological polar surface area (TPSA) is 54.9 Å². The number of guanidine groups is 1. The molecule has 23 heavy (non-hydrogen) atoms. The molecule has 0 saturated carbocycles. The summed E-state index contributed by atoms with van der Waals surface area (Å²) in [7, 11) is 0. The molecule has 0 saturated heterocycles. The van der Waals surface area contributed by atoms with E-state index in [0.29, 0.717) is 26.3 Å². The van der Waals surface area contributed by atoms with Gasteiger partial charge < -0.3 is 20.1 Å². The number of nitrogens with one attached hydrogen (secondary N) is 2. The van der Waals surface area contributed by atoms with Crippen LogP contribution in [-0.2, 0) is 6.42 Å². The van der Waals surface area contributed by atoms with Crippen LogP contribution >= 0.6 is 0 Å². The summed E-state index contributed by atoms with van der Waals surface area (Å²) < 4.78 is 11.2. The third kappa shape index (κ3) is 6.96. The molecule has 1 rings (SSSR count). The van der Waals surface area contributed by atoms with Crippen molar-refractivity contribution in [3.05, 3.63) is 23.8 Å². The smallest absolute Gasteiger partial charge is 0.192 e. The van der Waals surface area contributed by atoms with E-state index in [9.17, 15) is 0 Å². The molecule has 126 valence electrons. The first-order valence-electron chi connectivity index (χ1n) is 8.09. The summed E-state index contributed by atoms with van der Waals surface area (Å²) in [4.78, 5) is 4.51. The van der Waals surface area contributed by atoms with E-state index in [2.05, 4.69) is 21.5 Å². The Labute approximate surface area is 139 Å². The molecular weight excluding hydrogens is 290 g/mol. The molecule has 0 heterocycles. The lowest BCUT2D eigenvalue weighted by atomic mass is 10.1. The van der Waals surface area contributed by atoms with Gasteiger partial charge in [0, 0.05) is 13.1 Å². The summed E-state index contributed by atoms with van der Waals surface area (Å²) in [6.45, 7) is 9.11. The lowest BCUT2D eigenvalue weighted by molar-refractivity contribution is 0.287. The molecule has 0 radical (unpaired) electrons. The van der Waals surface area contributed by atoms with Crippen LogP contribution in [0.3, 0.4) is 0 Å². The summed E-state index contributed by atoms with van der Waals surface area (Å²) in [6, 6.07) is 6.02. The second kappa shape index (κ2) is 11.2. The van der Waals surface area contributed by atoms with Gasteiger partial charge in [-0.3, -0.25) is 4.99 Å². The molecule has 2 N–H and O–H groups in total. The first-order chi connectivity index (χ1) is 11.2. The van der Waals surface area contributed by atoms with Crippen LogP contribution in [0, 0.1) is 12.3 Å². The number of aliphatic imine (C=N–C) groups is 1. The third-order valence-electron chi connectivity index (χ3n) is 2.98. The molecule has 1 aromatic carbocycles. The molecule has 0 spiro atoms. The van der Waals surface area contributed by atoms with Gasteiger partial charge >= 0.3 is 0 Å². The van der Waals surface area contributed by atoms with Crippen molar-refractivity contribution in [3.63, 3.8) is 0 Å². The number of ether oxygens (including phenoxy) is 2. The van der Waals surface area contributed by atoms with Crippen LogP contribution in [-0.4, -0.2) is 38.8 Å². The van der Waals surface area contributed by atoms with Crippen LogP contribution in [0.1, 0.15) is 26.3 Å². The summed E-state index contributed by atoms with van der Waals surface area (Å²) in [5.41, 5.74) is 1.16. The van der Waals surface area contributed by atoms with E-state index in [-0.39, 0.29) is 0 Å². The fourth-order valence-electron chi connectivity index (χ4n) is 2.02. The lowest BCUT2D eigenvalue weighted by Crippen LogP contribution is -2.37. The zero-order chi connectivity index (χ0) is 16.9. The van der Waals surface area contributed by atoms with Crippen molar-refractivity contribution in [3.8, 4) is 23.8 Å². The number of terminal acetylenes is 1. The summed E-state index contributed by atoms with van der Waals surface area (Å²) in [5, 5.41) is 6.23. The molecule has 0 aromatic heterocycles. The molecule has 5 nitrogen and oxygen atoms in total. The Morgan fingerprint density at radius 2 is 1.87 bits per heavy atom. The first kappa shape index (κ1) is 18.7. The van der Waals surface area contributed by atoms with Crippen molar-refractivity contribution >= 4 is 5.96 Å². The molecular formula is C18H27N3O2. The van der Waals surface area contributed by atoms with E-state index in [0.717, 1.165) is 36.0 Å². The van der Waals surface area contributed by atoms with Crippen molar-refractivity contribution in [2.45, 2.75) is 27.2 Å². The van der Waals surface area contributed by atoms with E-state index in [1.165, 1.54) is 0 Å². The molecule has 0 bridgehead atoms. The second-order valence-corrected chi connectivity index (χ2v) is 4.72. The summed E-state index contributed by atoms with van der Waals surface area (Å²) >= 11 is 0. The third-order valence-corrected chi connectivity index (χ3v) is 2.98. The molecule has 0 aliphatic rings. The Bertz CT molecular complexity index is 536. The Morgan fingerprint density at radius 1 is 1.13 bits per heavy atom. The summed E-state index contributed by atoms with van der Waals surface area (Å²) in [6.07, 6.45) is 6.07. The molecule has 0 amide bonds. The van der Waals surface area contributed by atoms with Crippen LogP contribution in [0.4, 0.5) is 0 Å². The predicted molar refractivity (Wildman–Crippen MR) is 95.3 cm³/mol. The van der Waals surface area contributed by atoms with Gasteiger partial charge in [-0.05, 0) is 44.9 Å². The van der Waals surface area contributed by atoms with Gasteiger partial charge in [-0.2, -0.15) is 0 Å². The van der Waals surface area contributed by atoms with Crippen molar-refractivity contribution in [2.24, 2.45) is 4.99 Å². The summed E-state index contributed by atoms with van der Waals surface area (Å²) in [5.74, 6) is 4.85. The highest BCUT2D eigenvalue weighted by Crippen LogP contribution is 2.28.